The minimum absolute atomic E-state index is 0. The molecule has 0 aromatic heterocycles. The Morgan fingerprint density at radius 1 is 1.10 bits per heavy atom. The molecule has 21 heavy (non-hydrogen) atoms. The predicted molar refractivity (Wildman–Crippen MR) is 77.8 cm³/mol. The summed E-state index contributed by atoms with van der Waals surface area (Å²) in [4.78, 5) is 0. The second kappa shape index (κ2) is 15.2. The Balaban J connectivity index is -0.00000108. The van der Waals surface area contributed by atoms with Gasteiger partial charge in [-0.2, -0.15) is 5.53 Å². The molecule has 4 unspecified atom stereocenters. The first kappa shape index (κ1) is 27.5. The summed E-state index contributed by atoms with van der Waals surface area (Å²) in [6.45, 7) is 0.693. The number of hydrogen-bond donors (Lipinski definition) is 2. The molecule has 1 rings (SSSR count). The van der Waals surface area contributed by atoms with Gasteiger partial charge in [-0.15, -0.1) is 4.53 Å². The summed E-state index contributed by atoms with van der Waals surface area (Å²) in [7, 11) is -1.62. The van der Waals surface area contributed by atoms with Crippen molar-refractivity contribution in [3.8, 4) is 0 Å². The summed E-state index contributed by atoms with van der Waals surface area (Å²) < 4.78 is 24.1. The molecule has 1 fully saturated rings. The van der Waals surface area contributed by atoms with E-state index in [4.69, 9.17) is 11.8 Å². The summed E-state index contributed by atoms with van der Waals surface area (Å²) in [6.07, 6.45) is 6.26. The van der Waals surface area contributed by atoms with Crippen LogP contribution in [0, 0.1) is 5.92 Å². The summed E-state index contributed by atoms with van der Waals surface area (Å²) in [5.41, 5.74) is 5.98. The van der Waals surface area contributed by atoms with Gasteiger partial charge in [0.05, 0.1) is 0 Å². The van der Waals surface area contributed by atoms with Crippen LogP contribution >= 0.6 is 11.8 Å². The number of halogens is 3. The van der Waals surface area contributed by atoms with E-state index in [1.54, 1.807) is 12.5 Å². The smallest absolute Gasteiger partial charge is 1.00 e. The Hall–Kier alpha value is 1.67. The monoisotopic (exact) mass is 487 g/mol. The van der Waals surface area contributed by atoms with Crippen molar-refractivity contribution in [2.24, 2.45) is 5.92 Å². The van der Waals surface area contributed by atoms with Crippen molar-refractivity contribution in [2.75, 3.05) is 30.6 Å². The molecule has 0 amide bonds. The number of nitrogens with one attached hydrogen (secondary N) is 2. The van der Waals surface area contributed by atoms with Crippen LogP contribution in [-0.4, -0.2) is 49.5 Å². The molecule has 0 aromatic rings. The zero-order valence-corrected chi connectivity index (χ0v) is 17.6. The van der Waals surface area contributed by atoms with Gasteiger partial charge < -0.3 is 24.8 Å². The van der Waals surface area contributed by atoms with Crippen molar-refractivity contribution in [3.05, 3.63) is 0 Å². The maximum atomic E-state index is 11.3. The third kappa shape index (κ3) is 13.8. The quantitative estimate of drug-likeness (QED) is 0.306. The molecule has 1 saturated heterocycles. The van der Waals surface area contributed by atoms with Crippen LogP contribution in [-0.2, 0) is 41.1 Å². The molecule has 0 aliphatic carbocycles. The van der Waals surface area contributed by atoms with Gasteiger partial charge in [0.1, 0.15) is 0 Å². The molecule has 5 nitrogen and oxygen atoms in total. The summed E-state index contributed by atoms with van der Waals surface area (Å²) in [6, 6.07) is 0.128. The van der Waals surface area contributed by atoms with Crippen LogP contribution in [0.25, 0.3) is 0 Å². The van der Waals surface area contributed by atoms with Crippen molar-refractivity contribution in [1.29, 1.82) is 0 Å². The van der Waals surface area contributed by atoms with Gasteiger partial charge >= 0.3 is 19.5 Å². The average Bonchev–Trinajstić information content (AvgIpc) is 2.33. The zero-order chi connectivity index (χ0) is 13.5. The standard InChI is InChI=1S/C10H22ClN3O2S2.2ClH.Ru/c1-17(15)7-9-3-4-10(8-18(2)16)12-13-14(11)6-5-9;;;/h9-10,12-13H,3-8H2,1-2H3;2*1H;/q;;;+2/p-2. The normalized spacial score (nSPS) is 26.6. The van der Waals surface area contributed by atoms with Gasteiger partial charge in [-0.3, -0.25) is 8.42 Å². The van der Waals surface area contributed by atoms with Crippen LogP contribution in [0.15, 0.2) is 0 Å². The summed E-state index contributed by atoms with van der Waals surface area (Å²) in [5, 5.41) is 0. The summed E-state index contributed by atoms with van der Waals surface area (Å²) in [5.74, 6) is 1.72. The Morgan fingerprint density at radius 2 is 1.67 bits per heavy atom. The maximum absolute atomic E-state index is 11.3. The van der Waals surface area contributed by atoms with E-state index >= 15 is 0 Å². The molecule has 0 spiro atoms. The van der Waals surface area contributed by atoms with E-state index in [1.165, 1.54) is 4.53 Å². The van der Waals surface area contributed by atoms with Gasteiger partial charge in [0.2, 0.25) is 0 Å². The van der Waals surface area contributed by atoms with Crippen LogP contribution in [0.2, 0.25) is 0 Å². The molecular weight excluding hydrogens is 466 g/mol. The Bertz CT molecular complexity index is 291. The number of hydrogen-bond acceptors (Lipinski definition) is 5. The van der Waals surface area contributed by atoms with Gasteiger partial charge in [-0.05, 0) is 37.0 Å². The van der Waals surface area contributed by atoms with E-state index in [0.29, 0.717) is 24.0 Å². The molecule has 0 bridgehead atoms. The van der Waals surface area contributed by atoms with Crippen molar-refractivity contribution in [2.45, 2.75) is 25.3 Å². The van der Waals surface area contributed by atoms with Crippen molar-refractivity contribution >= 4 is 33.4 Å². The molecule has 2 N–H and O–H groups in total. The molecular formula is C10H22Cl3N3O2RuS2. The minimum atomic E-state index is -0.839. The molecule has 11 heteroatoms. The molecule has 1 heterocycles. The topological polar surface area (TPSA) is 61.4 Å². The predicted octanol–water partition coefficient (Wildman–Crippen LogP) is -5.62. The van der Waals surface area contributed by atoms with Gasteiger partial charge in [-0.25, -0.2) is 5.43 Å². The number of hydrazine groups is 2. The Morgan fingerprint density at radius 3 is 2.19 bits per heavy atom. The third-order valence-corrected chi connectivity index (χ3v) is 5.02. The van der Waals surface area contributed by atoms with E-state index in [1.807, 2.05) is 0 Å². The van der Waals surface area contributed by atoms with Gasteiger partial charge in [0, 0.05) is 58.2 Å². The van der Waals surface area contributed by atoms with Crippen molar-refractivity contribution in [1.82, 2.24) is 15.5 Å². The Kier molecular flexibility index (Phi) is 19.9. The third-order valence-electron chi connectivity index (χ3n) is 2.95. The van der Waals surface area contributed by atoms with Crippen LogP contribution < -0.4 is 35.8 Å². The first-order chi connectivity index (χ1) is 8.47. The van der Waals surface area contributed by atoms with Gasteiger partial charge in [0.15, 0.2) is 0 Å². The second-order valence-corrected chi connectivity index (χ2v) is 8.12. The SMILES string of the molecule is CS(=O)CC1CCC(CS(C)=O)NNN(Cl)CC1.[Cl-].[Cl-].[Ru+2]. The fourth-order valence-electron chi connectivity index (χ4n) is 2.07. The van der Waals surface area contributed by atoms with Crippen LogP contribution in [0.1, 0.15) is 19.3 Å². The van der Waals surface area contributed by atoms with Gasteiger partial charge in [-0.1, -0.05) is 0 Å². The fraction of sp³-hybridized carbons (Fsp3) is 1.00. The summed E-state index contributed by atoms with van der Waals surface area (Å²) >= 11 is 5.98. The molecule has 1 aliphatic rings. The Labute approximate surface area is 162 Å². The first-order valence-corrected chi connectivity index (χ1v) is 9.81. The van der Waals surface area contributed by atoms with E-state index in [2.05, 4.69) is 11.0 Å². The number of nitrogens with zero attached hydrogens (tertiary/aromatic N) is 1. The van der Waals surface area contributed by atoms with Crippen LogP contribution in [0.3, 0.4) is 0 Å². The molecule has 4 atom stereocenters. The minimum Gasteiger partial charge on any atom is -1.00 e. The van der Waals surface area contributed by atoms with Crippen LogP contribution in [0.4, 0.5) is 0 Å². The molecule has 1 aliphatic heterocycles. The van der Waals surface area contributed by atoms with Gasteiger partial charge in [0.25, 0.3) is 0 Å². The average molecular weight is 488 g/mol. The van der Waals surface area contributed by atoms with E-state index in [9.17, 15) is 8.42 Å². The largest absolute Gasteiger partial charge is 2.00 e. The van der Waals surface area contributed by atoms with Crippen molar-refractivity contribution in [3.63, 3.8) is 0 Å². The molecule has 130 valence electrons. The number of rotatable bonds is 4. The van der Waals surface area contributed by atoms with Crippen molar-refractivity contribution < 1.29 is 52.7 Å². The maximum Gasteiger partial charge on any atom is 2.00 e. The van der Waals surface area contributed by atoms with Crippen LogP contribution in [0.5, 0.6) is 0 Å². The molecule has 0 radical (unpaired) electrons. The van der Waals surface area contributed by atoms with E-state index in [-0.39, 0.29) is 50.3 Å². The first-order valence-electron chi connectivity index (χ1n) is 6.02. The second-order valence-electron chi connectivity index (χ2n) is 4.75. The van der Waals surface area contributed by atoms with E-state index < -0.39 is 21.6 Å². The fourth-order valence-corrected chi connectivity index (χ4v) is 4.03. The molecule has 0 saturated carbocycles. The van der Waals surface area contributed by atoms with E-state index in [0.717, 1.165) is 19.3 Å². The molecule has 0 aromatic carbocycles. The zero-order valence-electron chi connectivity index (χ0n) is 12.0.